The van der Waals surface area contributed by atoms with Crippen LogP contribution in [0.25, 0.3) is 0 Å². The first kappa shape index (κ1) is 15.4. The number of anilines is 1. The van der Waals surface area contributed by atoms with Crippen LogP contribution in [-0.4, -0.2) is 24.4 Å². The summed E-state index contributed by atoms with van der Waals surface area (Å²) in [5.41, 5.74) is 0.836. The first-order valence-electron chi connectivity index (χ1n) is 7.04. The fourth-order valence-corrected chi connectivity index (χ4v) is 2.37. The Bertz CT molecular complexity index is 775. The number of amides is 1. The van der Waals surface area contributed by atoms with E-state index < -0.39 is 6.10 Å². The highest BCUT2D eigenvalue weighted by Gasteiger charge is 2.27. The maximum absolute atomic E-state index is 12.4. The number of ether oxygens (including phenoxy) is 2. The van der Waals surface area contributed by atoms with E-state index in [1.165, 1.54) is 6.92 Å². The summed E-state index contributed by atoms with van der Waals surface area (Å²) in [6, 6.07) is 11.9. The van der Waals surface area contributed by atoms with E-state index >= 15 is 0 Å². The Kier molecular flexibility index (Phi) is 4.21. The molecular formula is C17H14ClNO4. The maximum atomic E-state index is 12.4. The van der Waals surface area contributed by atoms with Crippen LogP contribution in [0.4, 0.5) is 5.69 Å². The summed E-state index contributed by atoms with van der Waals surface area (Å²) in [7, 11) is 0. The van der Waals surface area contributed by atoms with Crippen LogP contribution in [0.2, 0.25) is 5.02 Å². The van der Waals surface area contributed by atoms with E-state index in [4.69, 9.17) is 21.1 Å². The Labute approximate surface area is 138 Å². The van der Waals surface area contributed by atoms with Gasteiger partial charge in [-0.1, -0.05) is 23.7 Å². The molecule has 1 atom stereocenters. The van der Waals surface area contributed by atoms with Crippen LogP contribution in [0.3, 0.4) is 0 Å². The minimum atomic E-state index is -0.790. The predicted molar refractivity (Wildman–Crippen MR) is 86.4 cm³/mol. The molecule has 1 unspecified atom stereocenters. The number of nitrogens with one attached hydrogen (secondary N) is 1. The molecule has 0 aliphatic carbocycles. The van der Waals surface area contributed by atoms with E-state index in [-0.39, 0.29) is 18.3 Å². The van der Waals surface area contributed by atoms with Crippen molar-refractivity contribution in [3.8, 4) is 11.5 Å². The summed E-state index contributed by atoms with van der Waals surface area (Å²) in [4.78, 5) is 23.8. The molecule has 118 valence electrons. The summed E-state index contributed by atoms with van der Waals surface area (Å²) in [5.74, 6) is 0.626. The zero-order valence-electron chi connectivity index (χ0n) is 12.3. The summed E-state index contributed by atoms with van der Waals surface area (Å²) in [6.45, 7) is 1.55. The van der Waals surface area contributed by atoms with Crippen LogP contribution in [0, 0.1) is 0 Å². The molecule has 6 heteroatoms. The molecule has 5 nitrogen and oxygen atoms in total. The molecule has 0 spiro atoms. The molecule has 1 amide bonds. The Balaban J connectivity index is 1.75. The van der Waals surface area contributed by atoms with Gasteiger partial charge in [0.15, 0.2) is 17.3 Å². The SMILES string of the molecule is CC(=O)c1ccc(Cl)c(NC(=O)C2COc3ccccc3O2)c1. The molecule has 1 N–H and O–H groups in total. The molecule has 23 heavy (non-hydrogen) atoms. The van der Waals surface area contributed by atoms with Crippen molar-refractivity contribution in [2.75, 3.05) is 11.9 Å². The van der Waals surface area contributed by atoms with Crippen molar-refractivity contribution >= 4 is 29.0 Å². The van der Waals surface area contributed by atoms with Crippen molar-refractivity contribution in [3.05, 3.63) is 53.1 Å². The van der Waals surface area contributed by atoms with E-state index in [0.717, 1.165) is 0 Å². The number of carbonyl (C=O) groups is 2. The molecule has 1 aliphatic rings. The Morgan fingerprint density at radius 3 is 2.65 bits per heavy atom. The quantitative estimate of drug-likeness (QED) is 0.876. The first-order valence-corrected chi connectivity index (χ1v) is 7.42. The van der Waals surface area contributed by atoms with Gasteiger partial charge in [-0.25, -0.2) is 0 Å². The normalized spacial score (nSPS) is 15.8. The monoisotopic (exact) mass is 331 g/mol. The molecule has 2 aromatic carbocycles. The third kappa shape index (κ3) is 3.29. The molecule has 0 aromatic heterocycles. The van der Waals surface area contributed by atoms with Gasteiger partial charge in [0.05, 0.1) is 10.7 Å². The van der Waals surface area contributed by atoms with Crippen LogP contribution in [0.5, 0.6) is 11.5 Å². The number of fused-ring (bicyclic) bond motifs is 1. The van der Waals surface area contributed by atoms with Crippen LogP contribution in [0.1, 0.15) is 17.3 Å². The summed E-state index contributed by atoms with van der Waals surface area (Å²) >= 11 is 6.07. The highest BCUT2D eigenvalue weighted by atomic mass is 35.5. The molecule has 0 bridgehead atoms. The van der Waals surface area contributed by atoms with Crippen molar-refractivity contribution in [2.45, 2.75) is 13.0 Å². The minimum absolute atomic E-state index is 0.104. The van der Waals surface area contributed by atoms with Gasteiger partial charge < -0.3 is 14.8 Å². The predicted octanol–water partition coefficient (Wildman–Crippen LogP) is 3.32. The summed E-state index contributed by atoms with van der Waals surface area (Å²) < 4.78 is 11.2. The van der Waals surface area contributed by atoms with E-state index in [1.807, 2.05) is 6.07 Å². The number of hydrogen-bond donors (Lipinski definition) is 1. The zero-order valence-corrected chi connectivity index (χ0v) is 13.1. The smallest absolute Gasteiger partial charge is 0.269 e. The van der Waals surface area contributed by atoms with Crippen LogP contribution in [-0.2, 0) is 4.79 Å². The minimum Gasteiger partial charge on any atom is -0.485 e. The number of benzene rings is 2. The van der Waals surface area contributed by atoms with Crippen LogP contribution in [0.15, 0.2) is 42.5 Å². The summed E-state index contributed by atoms with van der Waals surface area (Å²) in [6.07, 6.45) is -0.790. The highest BCUT2D eigenvalue weighted by Crippen LogP contribution is 2.31. The lowest BCUT2D eigenvalue weighted by Gasteiger charge is -2.25. The van der Waals surface area contributed by atoms with Gasteiger partial charge in [0, 0.05) is 5.56 Å². The van der Waals surface area contributed by atoms with Crippen LogP contribution < -0.4 is 14.8 Å². The first-order chi connectivity index (χ1) is 11.0. The van der Waals surface area contributed by atoms with Crippen LogP contribution >= 0.6 is 11.6 Å². The lowest BCUT2D eigenvalue weighted by molar-refractivity contribution is -0.125. The third-order valence-electron chi connectivity index (χ3n) is 3.43. The van der Waals surface area contributed by atoms with Gasteiger partial charge in [-0.15, -0.1) is 0 Å². The van der Waals surface area contributed by atoms with E-state index in [0.29, 0.717) is 27.8 Å². The molecule has 1 heterocycles. The lowest BCUT2D eigenvalue weighted by atomic mass is 10.1. The lowest BCUT2D eigenvalue weighted by Crippen LogP contribution is -2.40. The Morgan fingerprint density at radius 1 is 1.17 bits per heavy atom. The van der Waals surface area contributed by atoms with Gasteiger partial charge in [0.2, 0.25) is 6.10 Å². The van der Waals surface area contributed by atoms with Gasteiger partial charge in [0.25, 0.3) is 5.91 Å². The topological polar surface area (TPSA) is 64.6 Å². The molecule has 0 fully saturated rings. The maximum Gasteiger partial charge on any atom is 0.269 e. The molecule has 3 rings (SSSR count). The van der Waals surface area contributed by atoms with Gasteiger partial charge in [-0.2, -0.15) is 0 Å². The van der Waals surface area contributed by atoms with Crippen molar-refractivity contribution in [2.24, 2.45) is 0 Å². The Morgan fingerprint density at radius 2 is 1.91 bits per heavy atom. The van der Waals surface area contributed by atoms with Gasteiger partial charge in [-0.3, -0.25) is 9.59 Å². The summed E-state index contributed by atoms with van der Waals surface area (Å²) in [5, 5.41) is 3.03. The van der Waals surface area contributed by atoms with Gasteiger partial charge in [0.1, 0.15) is 6.61 Å². The third-order valence-corrected chi connectivity index (χ3v) is 3.76. The number of Topliss-reactive ketones (excluding diaryl/α,β-unsaturated/α-hetero) is 1. The van der Waals surface area contributed by atoms with Crippen molar-refractivity contribution in [3.63, 3.8) is 0 Å². The number of rotatable bonds is 3. The molecular weight excluding hydrogens is 318 g/mol. The molecule has 0 saturated carbocycles. The van der Waals surface area contributed by atoms with Crippen molar-refractivity contribution in [1.82, 2.24) is 0 Å². The van der Waals surface area contributed by atoms with Crippen molar-refractivity contribution < 1.29 is 19.1 Å². The van der Waals surface area contributed by atoms with E-state index in [1.54, 1.807) is 36.4 Å². The van der Waals surface area contributed by atoms with Gasteiger partial charge in [-0.05, 0) is 37.3 Å². The second kappa shape index (κ2) is 6.30. The average Bonchev–Trinajstić information content (AvgIpc) is 2.56. The fourth-order valence-electron chi connectivity index (χ4n) is 2.20. The number of halogens is 1. The standard InChI is InChI=1S/C17H14ClNO4/c1-10(20)11-6-7-12(18)13(8-11)19-17(21)16-9-22-14-4-2-3-5-15(14)23-16/h2-8,16H,9H2,1H3,(H,19,21). The average molecular weight is 332 g/mol. The second-order valence-electron chi connectivity index (χ2n) is 5.10. The highest BCUT2D eigenvalue weighted by molar-refractivity contribution is 6.34. The number of carbonyl (C=O) groups excluding carboxylic acids is 2. The van der Waals surface area contributed by atoms with E-state index in [2.05, 4.69) is 5.32 Å². The second-order valence-corrected chi connectivity index (χ2v) is 5.51. The molecule has 0 radical (unpaired) electrons. The van der Waals surface area contributed by atoms with Crippen molar-refractivity contribution in [1.29, 1.82) is 0 Å². The number of hydrogen-bond acceptors (Lipinski definition) is 4. The number of ketones is 1. The Hall–Kier alpha value is -2.53. The molecule has 1 aliphatic heterocycles. The van der Waals surface area contributed by atoms with Gasteiger partial charge >= 0.3 is 0 Å². The van der Waals surface area contributed by atoms with E-state index in [9.17, 15) is 9.59 Å². The number of para-hydroxylation sites is 2. The molecule has 2 aromatic rings. The zero-order chi connectivity index (χ0) is 16.4. The fraction of sp³-hybridized carbons (Fsp3) is 0.176. The molecule has 0 saturated heterocycles. The largest absolute Gasteiger partial charge is 0.485 e.